The third-order valence-electron chi connectivity index (χ3n) is 5.49. The Labute approximate surface area is 168 Å². The number of anilines is 1. The Kier molecular flexibility index (Phi) is 3.52. The van der Waals surface area contributed by atoms with E-state index < -0.39 is 5.60 Å². The van der Waals surface area contributed by atoms with Gasteiger partial charge >= 0.3 is 5.97 Å². The number of hydrogen-bond donors (Lipinski definition) is 0. The Morgan fingerprint density at radius 3 is 2.46 bits per heavy atom. The molecule has 2 heterocycles. The Morgan fingerprint density at radius 1 is 0.929 bits per heavy atom. The number of nitrogens with zero attached hydrogens (tertiary/aromatic N) is 1. The van der Waals surface area contributed by atoms with E-state index in [9.17, 15) is 4.79 Å². The minimum atomic E-state index is -1.07. The molecule has 3 aromatic rings. The predicted octanol–water partition coefficient (Wildman–Crippen LogP) is 5.28. The summed E-state index contributed by atoms with van der Waals surface area (Å²) < 4.78 is 12.4. The summed E-state index contributed by atoms with van der Waals surface area (Å²) in [4.78, 5) is 14.8. The molecule has 0 aromatic heterocycles. The minimum absolute atomic E-state index is 0.345. The van der Waals surface area contributed by atoms with E-state index in [4.69, 9.17) is 21.1 Å². The van der Waals surface area contributed by atoms with Crippen LogP contribution in [0, 0.1) is 6.92 Å². The van der Waals surface area contributed by atoms with Crippen molar-refractivity contribution in [2.24, 2.45) is 0 Å². The Morgan fingerprint density at radius 2 is 1.68 bits per heavy atom. The van der Waals surface area contributed by atoms with Gasteiger partial charge in [0.1, 0.15) is 11.5 Å². The van der Waals surface area contributed by atoms with Crippen molar-refractivity contribution in [3.8, 4) is 11.5 Å². The summed E-state index contributed by atoms with van der Waals surface area (Å²) in [5.74, 6) is 0.975. The summed E-state index contributed by atoms with van der Waals surface area (Å²) in [7, 11) is 3.95. The lowest BCUT2D eigenvalue weighted by Gasteiger charge is -2.37. The number of esters is 1. The molecule has 0 aliphatic carbocycles. The smallest absolute Gasteiger partial charge is 0.340 e. The molecule has 2 aliphatic heterocycles. The zero-order chi connectivity index (χ0) is 19.6. The topological polar surface area (TPSA) is 38.8 Å². The molecule has 0 amide bonds. The molecule has 1 spiro atoms. The first kappa shape index (κ1) is 17.1. The summed E-state index contributed by atoms with van der Waals surface area (Å²) in [5.41, 5.74) is 3.74. The summed E-state index contributed by atoms with van der Waals surface area (Å²) in [5, 5.41) is 0.607. The molecule has 0 bridgehead atoms. The van der Waals surface area contributed by atoms with Crippen molar-refractivity contribution < 1.29 is 14.3 Å². The van der Waals surface area contributed by atoms with Gasteiger partial charge in [0.25, 0.3) is 0 Å². The number of ether oxygens (including phenoxy) is 2. The largest absolute Gasteiger partial charge is 0.456 e. The summed E-state index contributed by atoms with van der Waals surface area (Å²) >= 11 is 6.46. The molecule has 5 rings (SSSR count). The van der Waals surface area contributed by atoms with E-state index >= 15 is 0 Å². The predicted molar refractivity (Wildman–Crippen MR) is 109 cm³/mol. The molecule has 28 heavy (non-hydrogen) atoms. The molecule has 2 aliphatic rings. The van der Waals surface area contributed by atoms with Crippen LogP contribution in [0.4, 0.5) is 5.69 Å². The quantitative estimate of drug-likeness (QED) is 0.529. The third-order valence-corrected chi connectivity index (χ3v) is 5.90. The maximum Gasteiger partial charge on any atom is 0.340 e. The first-order valence-corrected chi connectivity index (χ1v) is 9.43. The van der Waals surface area contributed by atoms with Crippen molar-refractivity contribution in [2.45, 2.75) is 12.5 Å². The molecule has 1 atom stereocenters. The fourth-order valence-electron chi connectivity index (χ4n) is 4.06. The van der Waals surface area contributed by atoms with Gasteiger partial charge in [-0.15, -0.1) is 0 Å². The first-order chi connectivity index (χ1) is 13.4. The standard InChI is InChI=1S/C23H18ClNO3/c1-13-10-20-18(12-19(13)24)23(16-7-5-4-6-15(16)22(26)28-23)17-9-8-14(25(2)3)11-21(17)27-20/h4-12H,1-3H3. The monoisotopic (exact) mass is 391 g/mol. The van der Waals surface area contributed by atoms with Crippen LogP contribution in [0.25, 0.3) is 0 Å². The summed E-state index contributed by atoms with van der Waals surface area (Å²) in [6, 6.07) is 17.2. The highest BCUT2D eigenvalue weighted by atomic mass is 35.5. The lowest BCUT2D eigenvalue weighted by atomic mass is 9.77. The number of benzene rings is 3. The average Bonchev–Trinajstić information content (AvgIpc) is 2.97. The second kappa shape index (κ2) is 5.76. The summed E-state index contributed by atoms with van der Waals surface area (Å²) in [6.07, 6.45) is 0. The van der Waals surface area contributed by atoms with E-state index in [2.05, 4.69) is 0 Å². The van der Waals surface area contributed by atoms with Gasteiger partial charge in [-0.05, 0) is 42.8 Å². The maximum atomic E-state index is 12.8. The molecule has 1 unspecified atom stereocenters. The lowest BCUT2D eigenvalue weighted by Crippen LogP contribution is -2.33. The molecule has 0 fully saturated rings. The van der Waals surface area contributed by atoms with Crippen molar-refractivity contribution in [1.29, 1.82) is 0 Å². The Balaban J connectivity index is 1.88. The molecular formula is C23H18ClNO3. The molecule has 0 saturated carbocycles. The van der Waals surface area contributed by atoms with Crippen LogP contribution < -0.4 is 9.64 Å². The second-order valence-electron chi connectivity index (χ2n) is 7.39. The molecule has 0 radical (unpaired) electrons. The molecular weight excluding hydrogens is 374 g/mol. The van der Waals surface area contributed by atoms with Gasteiger partial charge in [-0.25, -0.2) is 4.79 Å². The van der Waals surface area contributed by atoms with Crippen LogP contribution in [0.5, 0.6) is 11.5 Å². The number of carbonyl (C=O) groups is 1. The van der Waals surface area contributed by atoms with Gasteiger partial charge in [0.15, 0.2) is 5.60 Å². The zero-order valence-electron chi connectivity index (χ0n) is 15.7. The molecule has 4 nitrogen and oxygen atoms in total. The van der Waals surface area contributed by atoms with Crippen molar-refractivity contribution in [2.75, 3.05) is 19.0 Å². The third kappa shape index (κ3) is 2.15. The fourth-order valence-corrected chi connectivity index (χ4v) is 4.22. The molecule has 5 heteroatoms. The minimum Gasteiger partial charge on any atom is -0.456 e. The van der Waals surface area contributed by atoms with E-state index in [0.29, 0.717) is 22.1 Å². The van der Waals surface area contributed by atoms with Gasteiger partial charge in [0, 0.05) is 47.6 Å². The zero-order valence-corrected chi connectivity index (χ0v) is 16.5. The summed E-state index contributed by atoms with van der Waals surface area (Å²) in [6.45, 7) is 1.93. The van der Waals surface area contributed by atoms with Crippen molar-refractivity contribution >= 4 is 23.3 Å². The maximum absolute atomic E-state index is 12.8. The fraction of sp³-hybridized carbons (Fsp3) is 0.174. The normalized spacial score (nSPS) is 18.8. The van der Waals surface area contributed by atoms with Gasteiger partial charge in [-0.3, -0.25) is 0 Å². The Bertz CT molecular complexity index is 1150. The number of rotatable bonds is 1. The van der Waals surface area contributed by atoms with Crippen molar-refractivity contribution in [1.82, 2.24) is 0 Å². The van der Waals surface area contributed by atoms with E-state index in [1.807, 2.05) is 74.4 Å². The molecule has 3 aromatic carbocycles. The van der Waals surface area contributed by atoms with Crippen molar-refractivity contribution in [3.05, 3.63) is 87.4 Å². The SMILES string of the molecule is Cc1cc2c(cc1Cl)C1(OC(=O)c3ccccc31)c1ccc(N(C)C)cc1O2. The number of aryl methyl sites for hydroxylation is 1. The van der Waals surface area contributed by atoms with E-state index in [0.717, 1.165) is 27.9 Å². The highest BCUT2D eigenvalue weighted by molar-refractivity contribution is 6.31. The molecule has 0 saturated heterocycles. The Hall–Kier alpha value is -2.98. The first-order valence-electron chi connectivity index (χ1n) is 9.05. The second-order valence-corrected chi connectivity index (χ2v) is 7.80. The number of fused-ring (bicyclic) bond motifs is 6. The highest BCUT2D eigenvalue weighted by Crippen LogP contribution is 2.57. The molecule has 0 N–H and O–H groups in total. The average molecular weight is 392 g/mol. The lowest BCUT2D eigenvalue weighted by molar-refractivity contribution is 0.0224. The highest BCUT2D eigenvalue weighted by Gasteiger charge is 2.53. The van der Waals surface area contributed by atoms with E-state index in [1.54, 1.807) is 6.07 Å². The van der Waals surface area contributed by atoms with Gasteiger partial charge in [-0.1, -0.05) is 29.8 Å². The van der Waals surface area contributed by atoms with E-state index in [1.165, 1.54) is 0 Å². The van der Waals surface area contributed by atoms with Crippen LogP contribution in [0.2, 0.25) is 5.02 Å². The van der Waals surface area contributed by atoms with Crippen LogP contribution in [-0.2, 0) is 10.3 Å². The van der Waals surface area contributed by atoms with Crippen LogP contribution in [0.3, 0.4) is 0 Å². The van der Waals surface area contributed by atoms with Crippen LogP contribution in [0.1, 0.15) is 32.6 Å². The van der Waals surface area contributed by atoms with Crippen LogP contribution in [-0.4, -0.2) is 20.1 Å². The van der Waals surface area contributed by atoms with Crippen LogP contribution >= 0.6 is 11.6 Å². The van der Waals surface area contributed by atoms with Crippen molar-refractivity contribution in [3.63, 3.8) is 0 Å². The van der Waals surface area contributed by atoms with Gasteiger partial charge < -0.3 is 14.4 Å². The van der Waals surface area contributed by atoms with E-state index in [-0.39, 0.29) is 5.97 Å². The van der Waals surface area contributed by atoms with Gasteiger partial charge in [0.2, 0.25) is 0 Å². The number of carbonyl (C=O) groups excluding carboxylic acids is 1. The van der Waals surface area contributed by atoms with Gasteiger partial charge in [0.05, 0.1) is 5.56 Å². The molecule has 140 valence electrons. The van der Waals surface area contributed by atoms with Crippen LogP contribution in [0.15, 0.2) is 54.6 Å². The van der Waals surface area contributed by atoms with Gasteiger partial charge in [-0.2, -0.15) is 0 Å². The number of hydrogen-bond acceptors (Lipinski definition) is 4. The number of halogens is 1.